The van der Waals surface area contributed by atoms with E-state index in [0.29, 0.717) is 23.7 Å². The van der Waals surface area contributed by atoms with Crippen molar-refractivity contribution < 1.29 is 9.59 Å². The molecule has 0 unspecified atom stereocenters. The molecule has 2 aromatic carbocycles. The molecule has 0 saturated heterocycles. The Hall–Kier alpha value is -1.98. The number of rotatable bonds is 10. The van der Waals surface area contributed by atoms with Crippen molar-refractivity contribution in [3.8, 4) is 0 Å². The number of nitrogens with one attached hydrogen (secondary N) is 1. The van der Waals surface area contributed by atoms with Crippen LogP contribution < -0.4 is 5.32 Å². The van der Waals surface area contributed by atoms with Crippen LogP contribution in [0.25, 0.3) is 0 Å². The van der Waals surface area contributed by atoms with Crippen LogP contribution in [0.1, 0.15) is 44.7 Å². The summed E-state index contributed by atoms with van der Waals surface area (Å²) in [5, 5.41) is 3.69. The van der Waals surface area contributed by atoms with Gasteiger partial charge in [-0.1, -0.05) is 48.4 Å². The largest absolute Gasteiger partial charge is 0.352 e. The molecular weight excluding hydrogens is 416 g/mol. The lowest BCUT2D eigenvalue weighted by Crippen LogP contribution is -2.49. The predicted octanol–water partition coefficient (Wildman–Crippen LogP) is 5.46. The van der Waals surface area contributed by atoms with E-state index in [2.05, 4.69) is 5.32 Å². The molecule has 0 radical (unpaired) electrons. The fourth-order valence-corrected chi connectivity index (χ4v) is 3.84. The minimum Gasteiger partial charge on any atom is -0.352 e. The lowest BCUT2D eigenvalue weighted by Gasteiger charge is -2.29. The zero-order valence-corrected chi connectivity index (χ0v) is 19.7. The first-order chi connectivity index (χ1) is 14.3. The normalized spacial score (nSPS) is 12.8. The third-order valence-electron chi connectivity index (χ3n) is 5.04. The Morgan fingerprint density at radius 3 is 2.30 bits per heavy atom. The number of halogens is 1. The SMILES string of the molecule is CC[C@H](C)NC(=O)[C@H](C)N(Cc1ccc(C)cc1)C(=O)CCSc1ccc(Cl)cc1. The van der Waals surface area contributed by atoms with E-state index in [9.17, 15) is 9.59 Å². The Labute approximate surface area is 189 Å². The molecule has 0 bridgehead atoms. The Kier molecular flexibility index (Phi) is 9.73. The van der Waals surface area contributed by atoms with Gasteiger partial charge in [-0.2, -0.15) is 0 Å². The third kappa shape index (κ3) is 7.69. The summed E-state index contributed by atoms with van der Waals surface area (Å²) in [6.07, 6.45) is 1.21. The van der Waals surface area contributed by atoms with Crippen molar-refractivity contribution >= 4 is 35.2 Å². The molecule has 0 aliphatic carbocycles. The summed E-state index contributed by atoms with van der Waals surface area (Å²) < 4.78 is 0. The van der Waals surface area contributed by atoms with Gasteiger partial charge < -0.3 is 10.2 Å². The Balaban J connectivity index is 2.06. The summed E-state index contributed by atoms with van der Waals surface area (Å²) in [7, 11) is 0. The van der Waals surface area contributed by atoms with Crippen LogP contribution in [0.15, 0.2) is 53.4 Å². The second kappa shape index (κ2) is 12.0. The second-order valence-electron chi connectivity index (χ2n) is 7.55. The van der Waals surface area contributed by atoms with Crippen molar-refractivity contribution in [2.45, 2.75) is 64.1 Å². The van der Waals surface area contributed by atoms with Crippen LogP contribution in [-0.2, 0) is 16.1 Å². The van der Waals surface area contributed by atoms with Crippen LogP contribution in [-0.4, -0.2) is 34.6 Å². The topological polar surface area (TPSA) is 49.4 Å². The molecule has 2 rings (SSSR count). The first kappa shape index (κ1) is 24.3. The summed E-state index contributed by atoms with van der Waals surface area (Å²) in [6.45, 7) is 8.25. The van der Waals surface area contributed by atoms with Crippen LogP contribution in [0.4, 0.5) is 0 Å². The smallest absolute Gasteiger partial charge is 0.242 e. The quantitative estimate of drug-likeness (QED) is 0.493. The van der Waals surface area contributed by atoms with Gasteiger partial charge in [-0.25, -0.2) is 0 Å². The molecule has 0 aliphatic heterocycles. The molecule has 0 aromatic heterocycles. The number of carbonyl (C=O) groups excluding carboxylic acids is 2. The maximum atomic E-state index is 13.1. The minimum atomic E-state index is -0.534. The van der Waals surface area contributed by atoms with Gasteiger partial charge in [0, 0.05) is 34.7 Å². The summed E-state index contributed by atoms with van der Waals surface area (Å²) >= 11 is 7.54. The van der Waals surface area contributed by atoms with Crippen molar-refractivity contribution in [2.75, 3.05) is 5.75 Å². The third-order valence-corrected chi connectivity index (χ3v) is 6.31. The van der Waals surface area contributed by atoms with E-state index in [-0.39, 0.29) is 17.9 Å². The van der Waals surface area contributed by atoms with Crippen molar-refractivity contribution in [1.82, 2.24) is 10.2 Å². The first-order valence-corrected chi connectivity index (χ1v) is 11.7. The van der Waals surface area contributed by atoms with Crippen molar-refractivity contribution in [3.05, 3.63) is 64.7 Å². The number of carbonyl (C=O) groups is 2. The molecule has 6 heteroatoms. The summed E-state index contributed by atoms with van der Waals surface area (Å²) in [6, 6.07) is 15.2. The van der Waals surface area contributed by atoms with Gasteiger partial charge in [-0.15, -0.1) is 11.8 Å². The molecule has 0 aliphatic rings. The number of thioether (sulfide) groups is 1. The van der Waals surface area contributed by atoms with Gasteiger partial charge in [0.15, 0.2) is 0 Å². The number of amides is 2. The Morgan fingerprint density at radius 1 is 1.07 bits per heavy atom. The first-order valence-electron chi connectivity index (χ1n) is 10.3. The number of aryl methyl sites for hydroxylation is 1. The lowest BCUT2D eigenvalue weighted by molar-refractivity contribution is -0.140. The summed E-state index contributed by atoms with van der Waals surface area (Å²) in [5.74, 6) is 0.504. The summed E-state index contributed by atoms with van der Waals surface area (Å²) in [4.78, 5) is 28.5. The fraction of sp³-hybridized carbons (Fsp3) is 0.417. The molecule has 2 atom stereocenters. The van der Waals surface area contributed by atoms with E-state index in [1.807, 2.05) is 69.3 Å². The van der Waals surface area contributed by atoms with E-state index in [1.54, 1.807) is 23.6 Å². The average molecular weight is 447 g/mol. The zero-order chi connectivity index (χ0) is 22.1. The van der Waals surface area contributed by atoms with Crippen LogP contribution in [0, 0.1) is 6.92 Å². The van der Waals surface area contributed by atoms with Crippen molar-refractivity contribution in [3.63, 3.8) is 0 Å². The predicted molar refractivity (Wildman–Crippen MR) is 126 cm³/mol. The number of hydrogen-bond acceptors (Lipinski definition) is 3. The second-order valence-corrected chi connectivity index (χ2v) is 9.16. The number of benzene rings is 2. The van der Waals surface area contributed by atoms with Gasteiger partial charge in [-0.05, 0) is 57.0 Å². The van der Waals surface area contributed by atoms with E-state index in [4.69, 9.17) is 11.6 Å². The molecule has 2 aromatic rings. The van der Waals surface area contributed by atoms with E-state index < -0.39 is 6.04 Å². The molecule has 0 fully saturated rings. The highest BCUT2D eigenvalue weighted by molar-refractivity contribution is 7.99. The highest BCUT2D eigenvalue weighted by atomic mass is 35.5. The maximum Gasteiger partial charge on any atom is 0.242 e. The van der Waals surface area contributed by atoms with Gasteiger partial charge in [0.1, 0.15) is 6.04 Å². The van der Waals surface area contributed by atoms with E-state index >= 15 is 0 Å². The van der Waals surface area contributed by atoms with Crippen molar-refractivity contribution in [2.24, 2.45) is 0 Å². The monoisotopic (exact) mass is 446 g/mol. The van der Waals surface area contributed by atoms with Crippen LogP contribution in [0.5, 0.6) is 0 Å². The maximum absolute atomic E-state index is 13.1. The molecule has 4 nitrogen and oxygen atoms in total. The van der Waals surface area contributed by atoms with Crippen LogP contribution >= 0.6 is 23.4 Å². The average Bonchev–Trinajstić information content (AvgIpc) is 2.74. The molecule has 0 saturated carbocycles. The van der Waals surface area contributed by atoms with Crippen LogP contribution in [0.3, 0.4) is 0 Å². The van der Waals surface area contributed by atoms with Gasteiger partial charge in [0.2, 0.25) is 11.8 Å². The molecule has 0 spiro atoms. The van der Waals surface area contributed by atoms with Gasteiger partial charge >= 0.3 is 0 Å². The summed E-state index contributed by atoms with van der Waals surface area (Å²) in [5.41, 5.74) is 2.18. The number of nitrogens with zero attached hydrogens (tertiary/aromatic N) is 1. The standard InChI is InChI=1S/C24H31ClN2O2S/c1-5-18(3)26-24(29)19(4)27(16-20-8-6-17(2)7-9-20)23(28)14-15-30-22-12-10-21(25)11-13-22/h6-13,18-19H,5,14-16H2,1-4H3,(H,26,29)/t18-,19-/m0/s1. The highest BCUT2D eigenvalue weighted by Gasteiger charge is 2.26. The molecule has 30 heavy (non-hydrogen) atoms. The van der Waals surface area contributed by atoms with Crippen molar-refractivity contribution in [1.29, 1.82) is 0 Å². The van der Waals surface area contributed by atoms with Gasteiger partial charge in [0.25, 0.3) is 0 Å². The van der Waals surface area contributed by atoms with Crippen LogP contribution in [0.2, 0.25) is 5.02 Å². The minimum absolute atomic E-state index is 0.0242. The Morgan fingerprint density at radius 2 is 1.70 bits per heavy atom. The van der Waals surface area contributed by atoms with Gasteiger partial charge in [-0.3, -0.25) is 9.59 Å². The molecule has 0 heterocycles. The zero-order valence-electron chi connectivity index (χ0n) is 18.2. The molecule has 2 amide bonds. The Bertz CT molecular complexity index is 824. The van der Waals surface area contributed by atoms with E-state index in [1.165, 1.54) is 5.56 Å². The highest BCUT2D eigenvalue weighted by Crippen LogP contribution is 2.22. The fourth-order valence-electron chi connectivity index (χ4n) is 2.87. The lowest BCUT2D eigenvalue weighted by atomic mass is 10.1. The molecular formula is C24H31ClN2O2S. The molecule has 162 valence electrons. The van der Waals surface area contributed by atoms with Gasteiger partial charge in [0.05, 0.1) is 0 Å². The molecule has 1 N–H and O–H groups in total. The number of hydrogen-bond donors (Lipinski definition) is 1. The van der Waals surface area contributed by atoms with E-state index in [0.717, 1.165) is 16.9 Å².